The fraction of sp³-hybridized carbons (Fsp3) is 0.611. The highest BCUT2D eigenvalue weighted by Gasteiger charge is 2.52. The molecule has 4 saturated carbocycles. The van der Waals surface area contributed by atoms with Crippen molar-refractivity contribution < 1.29 is 0 Å². The van der Waals surface area contributed by atoms with Gasteiger partial charge in [0.2, 0.25) is 0 Å². The van der Waals surface area contributed by atoms with Crippen molar-refractivity contribution in [3.8, 4) is 6.07 Å². The summed E-state index contributed by atoms with van der Waals surface area (Å²) < 4.78 is 0. The van der Waals surface area contributed by atoms with Gasteiger partial charge in [-0.3, -0.25) is 0 Å². The van der Waals surface area contributed by atoms with Crippen molar-refractivity contribution in [3.05, 3.63) is 29.8 Å². The minimum atomic E-state index is 0.406. The fourth-order valence-corrected chi connectivity index (χ4v) is 5.51. The van der Waals surface area contributed by atoms with Crippen LogP contribution >= 0.6 is 0 Å². The maximum absolute atomic E-state index is 8.93. The summed E-state index contributed by atoms with van der Waals surface area (Å²) in [5.41, 5.74) is 2.45. The van der Waals surface area contributed by atoms with Crippen LogP contribution in [0.1, 0.15) is 44.1 Å². The number of hydrogen-bond acceptors (Lipinski definition) is 2. The number of rotatable bonds is 2. The minimum Gasteiger partial charge on any atom is -0.369 e. The molecule has 1 aromatic rings. The van der Waals surface area contributed by atoms with E-state index in [1.807, 2.05) is 12.1 Å². The Morgan fingerprint density at radius 1 is 1.00 bits per heavy atom. The molecule has 0 unspecified atom stereocenters. The van der Waals surface area contributed by atoms with Crippen LogP contribution in [0.25, 0.3) is 0 Å². The first-order valence-electron chi connectivity index (χ1n) is 7.92. The van der Waals surface area contributed by atoms with E-state index in [2.05, 4.69) is 30.1 Å². The molecule has 4 aliphatic carbocycles. The Morgan fingerprint density at radius 2 is 1.50 bits per heavy atom. The van der Waals surface area contributed by atoms with E-state index in [0.717, 1.165) is 23.3 Å². The minimum absolute atomic E-state index is 0.406. The number of anilines is 1. The fourth-order valence-electron chi connectivity index (χ4n) is 5.51. The van der Waals surface area contributed by atoms with Crippen LogP contribution in [0.3, 0.4) is 0 Å². The van der Waals surface area contributed by atoms with Gasteiger partial charge in [-0.15, -0.1) is 0 Å². The highest BCUT2D eigenvalue weighted by molar-refractivity contribution is 5.51. The van der Waals surface area contributed by atoms with Crippen LogP contribution in [0.2, 0.25) is 0 Å². The summed E-state index contributed by atoms with van der Waals surface area (Å²) >= 11 is 0. The van der Waals surface area contributed by atoms with Crippen molar-refractivity contribution in [3.63, 3.8) is 0 Å². The van der Waals surface area contributed by atoms with Crippen LogP contribution in [0.5, 0.6) is 0 Å². The van der Waals surface area contributed by atoms with Gasteiger partial charge in [-0.2, -0.15) is 5.26 Å². The standard InChI is InChI=1S/C18H22N2/c1-20(17-4-2-13(12-19)3-5-17)18-9-14-6-15(10-18)8-16(7-14)11-18/h2-5,14-16H,6-11H2,1H3. The Hall–Kier alpha value is -1.49. The number of nitriles is 1. The van der Waals surface area contributed by atoms with E-state index in [9.17, 15) is 0 Å². The molecule has 0 radical (unpaired) electrons. The van der Waals surface area contributed by atoms with Gasteiger partial charge in [0.15, 0.2) is 0 Å². The second-order valence-electron chi connectivity index (χ2n) is 7.36. The monoisotopic (exact) mass is 266 g/mol. The van der Waals surface area contributed by atoms with Crippen LogP contribution in [0.15, 0.2) is 24.3 Å². The largest absolute Gasteiger partial charge is 0.369 e. The average Bonchev–Trinajstić information content (AvgIpc) is 2.45. The van der Waals surface area contributed by atoms with Crippen molar-refractivity contribution in [1.82, 2.24) is 0 Å². The van der Waals surface area contributed by atoms with Gasteiger partial charge in [0.05, 0.1) is 11.6 Å². The molecule has 0 spiro atoms. The molecule has 4 bridgehead atoms. The van der Waals surface area contributed by atoms with Crippen molar-refractivity contribution in [2.75, 3.05) is 11.9 Å². The van der Waals surface area contributed by atoms with Crippen LogP contribution in [0.4, 0.5) is 5.69 Å². The third-order valence-corrected chi connectivity index (χ3v) is 6.10. The molecule has 2 nitrogen and oxygen atoms in total. The summed E-state index contributed by atoms with van der Waals surface area (Å²) in [6.07, 6.45) is 8.61. The van der Waals surface area contributed by atoms with E-state index >= 15 is 0 Å². The van der Waals surface area contributed by atoms with Gasteiger partial charge >= 0.3 is 0 Å². The zero-order valence-corrected chi connectivity index (χ0v) is 12.2. The first-order valence-corrected chi connectivity index (χ1v) is 7.92. The Bertz CT molecular complexity index is 516. The lowest BCUT2D eigenvalue weighted by molar-refractivity contribution is -0.00200. The molecule has 104 valence electrons. The predicted molar refractivity (Wildman–Crippen MR) is 80.5 cm³/mol. The molecular formula is C18H22N2. The van der Waals surface area contributed by atoms with Crippen LogP contribution < -0.4 is 4.90 Å². The van der Waals surface area contributed by atoms with Gasteiger partial charge in [0.1, 0.15) is 0 Å². The van der Waals surface area contributed by atoms with Crippen LogP contribution in [0, 0.1) is 29.1 Å². The van der Waals surface area contributed by atoms with Gasteiger partial charge in [0.25, 0.3) is 0 Å². The van der Waals surface area contributed by atoms with E-state index in [1.54, 1.807) is 0 Å². The summed E-state index contributed by atoms with van der Waals surface area (Å²) in [6, 6.07) is 10.4. The molecule has 0 aliphatic heterocycles. The lowest BCUT2D eigenvalue weighted by Crippen LogP contribution is -2.59. The zero-order chi connectivity index (χ0) is 13.7. The maximum Gasteiger partial charge on any atom is 0.0991 e. The van der Waals surface area contributed by atoms with Crippen molar-refractivity contribution in [1.29, 1.82) is 5.26 Å². The van der Waals surface area contributed by atoms with Gasteiger partial charge in [-0.05, 0) is 80.5 Å². The molecule has 4 aliphatic rings. The highest BCUT2D eigenvalue weighted by atomic mass is 15.2. The first kappa shape index (κ1) is 12.3. The number of nitrogens with zero attached hydrogens (tertiary/aromatic N) is 2. The molecule has 0 heterocycles. The summed E-state index contributed by atoms with van der Waals surface area (Å²) in [6.45, 7) is 0. The van der Waals surface area contributed by atoms with E-state index in [1.165, 1.54) is 44.2 Å². The molecule has 0 atom stereocenters. The van der Waals surface area contributed by atoms with Crippen molar-refractivity contribution >= 4 is 5.69 Å². The second kappa shape index (κ2) is 4.25. The highest BCUT2D eigenvalue weighted by Crippen LogP contribution is 2.58. The molecule has 0 amide bonds. The quantitative estimate of drug-likeness (QED) is 0.810. The number of benzene rings is 1. The molecule has 0 aromatic heterocycles. The second-order valence-corrected chi connectivity index (χ2v) is 7.36. The van der Waals surface area contributed by atoms with Gasteiger partial charge < -0.3 is 4.90 Å². The van der Waals surface area contributed by atoms with E-state index in [-0.39, 0.29) is 0 Å². The molecule has 1 aromatic carbocycles. The lowest BCUT2D eigenvalue weighted by atomic mass is 9.52. The first-order chi connectivity index (χ1) is 9.68. The Labute approximate surface area is 121 Å². The Balaban J connectivity index is 1.64. The molecule has 4 fully saturated rings. The summed E-state index contributed by atoms with van der Waals surface area (Å²) in [5, 5.41) is 8.93. The smallest absolute Gasteiger partial charge is 0.0991 e. The van der Waals surface area contributed by atoms with Gasteiger partial charge in [0, 0.05) is 18.3 Å². The van der Waals surface area contributed by atoms with Crippen molar-refractivity contribution in [2.45, 2.75) is 44.1 Å². The van der Waals surface area contributed by atoms with Crippen LogP contribution in [-0.2, 0) is 0 Å². The Kier molecular flexibility index (Phi) is 2.61. The zero-order valence-electron chi connectivity index (χ0n) is 12.2. The molecule has 0 N–H and O–H groups in total. The summed E-state index contributed by atoms with van der Waals surface area (Å²) in [5.74, 6) is 2.92. The lowest BCUT2D eigenvalue weighted by Gasteiger charge is -2.60. The SMILES string of the molecule is CN(c1ccc(C#N)cc1)C12CC3CC(CC(C3)C1)C2. The van der Waals surface area contributed by atoms with Gasteiger partial charge in [-0.25, -0.2) is 0 Å². The van der Waals surface area contributed by atoms with E-state index in [4.69, 9.17) is 5.26 Å². The molecular weight excluding hydrogens is 244 g/mol. The topological polar surface area (TPSA) is 27.0 Å². The Morgan fingerprint density at radius 3 is 1.95 bits per heavy atom. The molecule has 0 saturated heterocycles. The molecule has 5 rings (SSSR count). The average molecular weight is 266 g/mol. The van der Waals surface area contributed by atoms with Crippen LogP contribution in [-0.4, -0.2) is 12.6 Å². The molecule has 20 heavy (non-hydrogen) atoms. The summed E-state index contributed by atoms with van der Waals surface area (Å²) in [4.78, 5) is 2.54. The third-order valence-electron chi connectivity index (χ3n) is 6.10. The normalized spacial score (nSPS) is 37.7. The predicted octanol–water partition coefficient (Wildman–Crippen LogP) is 3.96. The third kappa shape index (κ3) is 1.76. The molecule has 2 heteroatoms. The summed E-state index contributed by atoms with van der Waals surface area (Å²) in [7, 11) is 2.27. The number of hydrogen-bond donors (Lipinski definition) is 0. The van der Waals surface area contributed by atoms with E-state index in [0.29, 0.717) is 5.54 Å². The van der Waals surface area contributed by atoms with E-state index < -0.39 is 0 Å². The maximum atomic E-state index is 8.93. The van der Waals surface area contributed by atoms with Gasteiger partial charge in [-0.1, -0.05) is 0 Å². The van der Waals surface area contributed by atoms with Crippen molar-refractivity contribution in [2.24, 2.45) is 17.8 Å².